The second-order valence-corrected chi connectivity index (χ2v) is 14.7. The highest BCUT2D eigenvalue weighted by Gasteiger charge is 2.89. The van der Waals surface area contributed by atoms with E-state index in [2.05, 4.69) is 0 Å². The number of hydrogen-bond acceptors (Lipinski definition) is 8. The van der Waals surface area contributed by atoms with Gasteiger partial charge in [-0.3, -0.25) is 9.59 Å². The van der Waals surface area contributed by atoms with Crippen molar-refractivity contribution in [2.45, 2.75) is 56.7 Å². The Labute approximate surface area is 207 Å². The van der Waals surface area contributed by atoms with E-state index in [1.165, 1.54) is 20.5 Å². The van der Waals surface area contributed by atoms with Gasteiger partial charge in [-0.1, -0.05) is 0 Å². The molecular formula is C25H35NO8Si. The van der Waals surface area contributed by atoms with Crippen molar-refractivity contribution >= 4 is 20.2 Å². The zero-order chi connectivity index (χ0) is 25.8. The molecule has 1 saturated carbocycles. The highest BCUT2D eigenvalue weighted by molar-refractivity contribution is 6.69. The predicted octanol–water partition coefficient (Wildman–Crippen LogP) is 2.36. The summed E-state index contributed by atoms with van der Waals surface area (Å²) >= 11 is 0. The van der Waals surface area contributed by atoms with Gasteiger partial charge in [0.25, 0.3) is 5.91 Å². The summed E-state index contributed by atoms with van der Waals surface area (Å²) in [6.07, 6.45) is 2.32. The van der Waals surface area contributed by atoms with Gasteiger partial charge in [0, 0.05) is 13.0 Å². The molecule has 4 unspecified atom stereocenters. The van der Waals surface area contributed by atoms with Crippen LogP contribution >= 0.6 is 0 Å². The van der Waals surface area contributed by atoms with E-state index < -0.39 is 42.9 Å². The number of fused-ring (bicyclic) bond motifs is 1. The molecule has 3 aliphatic rings. The summed E-state index contributed by atoms with van der Waals surface area (Å²) in [5.41, 5.74) is -2.48. The molecule has 0 bridgehead atoms. The Hall–Kier alpha value is -2.56. The molecule has 1 aromatic carbocycles. The van der Waals surface area contributed by atoms with Crippen LogP contribution in [0, 0.1) is 5.41 Å². The zero-order valence-electron chi connectivity index (χ0n) is 21.5. The van der Waals surface area contributed by atoms with E-state index in [4.69, 9.17) is 23.4 Å². The molecular weight excluding hydrogens is 470 g/mol. The number of benzene rings is 1. The summed E-state index contributed by atoms with van der Waals surface area (Å²) in [6, 6.07) is 3.69. The highest BCUT2D eigenvalue weighted by atomic mass is 28.4. The molecule has 1 N–H and O–H groups in total. The van der Waals surface area contributed by atoms with Crippen molar-refractivity contribution in [1.82, 2.24) is 4.90 Å². The molecule has 2 fully saturated rings. The summed E-state index contributed by atoms with van der Waals surface area (Å²) in [5, 5.41) is 11.4. The monoisotopic (exact) mass is 505 g/mol. The van der Waals surface area contributed by atoms with Gasteiger partial charge in [-0.15, -0.1) is 0 Å². The number of methoxy groups -OCH3 is 3. The van der Waals surface area contributed by atoms with E-state index in [0.29, 0.717) is 30.0 Å². The second kappa shape index (κ2) is 8.53. The minimum absolute atomic E-state index is 0.0696. The summed E-state index contributed by atoms with van der Waals surface area (Å²) in [5.74, 6) is -0.123. The van der Waals surface area contributed by atoms with Gasteiger partial charge in [0.2, 0.25) is 0 Å². The summed E-state index contributed by atoms with van der Waals surface area (Å²) < 4.78 is 28.8. The van der Waals surface area contributed by atoms with Crippen LogP contribution in [-0.2, 0) is 35.4 Å². The predicted molar refractivity (Wildman–Crippen MR) is 130 cm³/mol. The Morgan fingerprint density at radius 1 is 1.20 bits per heavy atom. The first-order valence-corrected chi connectivity index (χ1v) is 15.2. The number of ether oxygens (including phenoxy) is 4. The highest BCUT2D eigenvalue weighted by Crippen LogP contribution is 2.74. The zero-order valence-corrected chi connectivity index (χ0v) is 22.5. The molecule has 9 nitrogen and oxygen atoms in total. The van der Waals surface area contributed by atoms with Crippen LogP contribution in [0.15, 0.2) is 24.5 Å². The third kappa shape index (κ3) is 3.19. The third-order valence-corrected chi connectivity index (χ3v) is 8.35. The molecule has 1 aliphatic carbocycles. The molecule has 1 spiro atoms. The smallest absolute Gasteiger partial charge is 0.318 e. The van der Waals surface area contributed by atoms with Crippen molar-refractivity contribution in [3.05, 3.63) is 35.6 Å². The lowest BCUT2D eigenvalue weighted by Crippen LogP contribution is -2.81. The SMILES string of the molecule is CCOC(=O)C12CC(/C=C\OC)(O[Si](C)(C)C)C13c1cc(OC)c(OC)cc1CCN3C(=O)C2O. The van der Waals surface area contributed by atoms with Crippen LogP contribution in [0.25, 0.3) is 0 Å². The first kappa shape index (κ1) is 25.5. The maximum absolute atomic E-state index is 13.7. The minimum atomic E-state index is -2.28. The van der Waals surface area contributed by atoms with Crippen molar-refractivity contribution < 1.29 is 38.1 Å². The fourth-order valence-electron chi connectivity index (χ4n) is 6.46. The van der Waals surface area contributed by atoms with Crippen LogP contribution in [0.4, 0.5) is 0 Å². The lowest BCUT2D eigenvalue weighted by atomic mass is 9.42. The Bertz CT molecular complexity index is 1070. The van der Waals surface area contributed by atoms with Gasteiger partial charge < -0.3 is 33.4 Å². The summed E-state index contributed by atoms with van der Waals surface area (Å²) in [4.78, 5) is 29.0. The molecule has 1 saturated heterocycles. The molecule has 0 radical (unpaired) electrons. The topological polar surface area (TPSA) is 104 Å². The number of aliphatic hydroxyl groups excluding tert-OH is 1. The van der Waals surface area contributed by atoms with Gasteiger partial charge in [0.05, 0.1) is 34.2 Å². The number of carbonyl (C=O) groups excluding carboxylic acids is 2. The third-order valence-electron chi connectivity index (χ3n) is 7.38. The van der Waals surface area contributed by atoms with Crippen molar-refractivity contribution in [2.75, 3.05) is 34.5 Å². The number of hydrogen-bond donors (Lipinski definition) is 1. The maximum Gasteiger partial charge on any atom is 0.318 e. The van der Waals surface area contributed by atoms with Gasteiger partial charge in [-0.2, -0.15) is 0 Å². The number of rotatable bonds is 8. The van der Waals surface area contributed by atoms with Gasteiger partial charge >= 0.3 is 5.97 Å². The maximum atomic E-state index is 13.7. The number of esters is 1. The lowest BCUT2D eigenvalue weighted by molar-refractivity contribution is -0.245. The summed E-state index contributed by atoms with van der Waals surface area (Å²) in [7, 11) is 2.35. The van der Waals surface area contributed by atoms with Crippen LogP contribution in [0.2, 0.25) is 19.6 Å². The van der Waals surface area contributed by atoms with E-state index in [1.54, 1.807) is 25.0 Å². The number of carbonyl (C=O) groups is 2. The molecule has 4 rings (SSSR count). The normalized spacial score (nSPS) is 31.4. The van der Waals surface area contributed by atoms with Gasteiger partial charge in [0.1, 0.15) is 16.6 Å². The minimum Gasteiger partial charge on any atom is -0.505 e. The Morgan fingerprint density at radius 2 is 1.86 bits per heavy atom. The van der Waals surface area contributed by atoms with Gasteiger partial charge in [0.15, 0.2) is 25.9 Å². The molecule has 1 amide bonds. The fraction of sp³-hybridized carbons (Fsp3) is 0.600. The van der Waals surface area contributed by atoms with Crippen molar-refractivity contribution in [1.29, 1.82) is 0 Å². The van der Waals surface area contributed by atoms with E-state index in [-0.39, 0.29) is 13.0 Å². The molecule has 2 aliphatic heterocycles. The van der Waals surface area contributed by atoms with Crippen molar-refractivity contribution in [3.63, 3.8) is 0 Å². The molecule has 4 atom stereocenters. The van der Waals surface area contributed by atoms with Crippen molar-refractivity contribution in [2.24, 2.45) is 5.41 Å². The molecule has 192 valence electrons. The molecule has 10 heteroatoms. The van der Waals surface area contributed by atoms with Crippen LogP contribution in [-0.4, -0.2) is 76.4 Å². The first-order chi connectivity index (χ1) is 16.5. The van der Waals surface area contributed by atoms with Gasteiger partial charge in [-0.05, 0) is 62.3 Å². The van der Waals surface area contributed by atoms with Gasteiger partial charge in [-0.25, -0.2) is 0 Å². The van der Waals surface area contributed by atoms with Crippen LogP contribution in [0.1, 0.15) is 24.5 Å². The molecule has 1 aromatic rings. The Morgan fingerprint density at radius 3 is 2.43 bits per heavy atom. The Kier molecular flexibility index (Phi) is 6.22. The van der Waals surface area contributed by atoms with E-state index in [1.807, 2.05) is 31.8 Å². The number of nitrogens with zero attached hydrogens (tertiary/aromatic N) is 1. The molecule has 2 heterocycles. The average Bonchev–Trinajstić information content (AvgIpc) is 2.97. The Balaban J connectivity index is 2.12. The van der Waals surface area contributed by atoms with Crippen LogP contribution < -0.4 is 9.47 Å². The fourth-order valence-corrected chi connectivity index (χ4v) is 7.84. The average molecular weight is 506 g/mol. The first-order valence-electron chi connectivity index (χ1n) is 11.8. The summed E-state index contributed by atoms with van der Waals surface area (Å²) in [6.45, 7) is 8.27. The largest absolute Gasteiger partial charge is 0.505 e. The van der Waals surface area contributed by atoms with E-state index in [9.17, 15) is 14.7 Å². The van der Waals surface area contributed by atoms with Crippen LogP contribution in [0.3, 0.4) is 0 Å². The van der Waals surface area contributed by atoms with Crippen LogP contribution in [0.5, 0.6) is 11.5 Å². The van der Waals surface area contributed by atoms with E-state index in [0.717, 1.165) is 5.56 Å². The number of amides is 1. The lowest BCUT2D eigenvalue weighted by Gasteiger charge is -2.69. The molecule has 0 aromatic heterocycles. The van der Waals surface area contributed by atoms with E-state index >= 15 is 0 Å². The quantitative estimate of drug-likeness (QED) is 0.326. The number of aliphatic hydroxyl groups is 1. The standard InChI is InChI=1S/C25H35NO8Si/c1-8-33-22(29)24-15-23(10-12-30-2,34-35(5,6)7)25(24)17-14-19(32-4)18(31-3)13-16(17)9-11-26(25)21(28)20(24)27/h10,12-14,20,27H,8-9,11,15H2,1-7H3/b12-10-. The molecule has 35 heavy (non-hydrogen) atoms. The van der Waals surface area contributed by atoms with Crippen molar-refractivity contribution in [3.8, 4) is 11.5 Å². The second-order valence-electron chi connectivity index (χ2n) is 10.2.